The Morgan fingerprint density at radius 3 is 2.33 bits per heavy atom. The summed E-state index contributed by atoms with van der Waals surface area (Å²) in [4.78, 5) is 11.6. The molecule has 0 aliphatic carbocycles. The van der Waals surface area contributed by atoms with E-state index in [1.165, 1.54) is 20.2 Å². The number of benzene rings is 1. The fraction of sp³-hybridized carbons (Fsp3) is 0.417. The zero-order chi connectivity index (χ0) is 13.9. The van der Waals surface area contributed by atoms with Crippen LogP contribution in [0.15, 0.2) is 24.3 Å². The first-order chi connectivity index (χ1) is 8.32. The van der Waals surface area contributed by atoms with Crippen molar-refractivity contribution in [2.45, 2.75) is 19.1 Å². The molecule has 0 saturated heterocycles. The highest BCUT2D eigenvalue weighted by atomic mass is 32.2. The number of carbonyl (C=O) groups excluding carboxylic acids is 1. The molecule has 1 aromatic rings. The number of rotatable bonds is 4. The maximum absolute atomic E-state index is 12.1. The highest BCUT2D eigenvalue weighted by molar-refractivity contribution is 7.93. The van der Waals surface area contributed by atoms with Crippen LogP contribution in [0, 0.1) is 0 Å². The molecule has 0 atom stereocenters. The van der Waals surface area contributed by atoms with Gasteiger partial charge in [-0.2, -0.15) is 0 Å². The van der Waals surface area contributed by atoms with Gasteiger partial charge in [-0.05, 0) is 26.0 Å². The molecule has 100 valence electrons. The van der Waals surface area contributed by atoms with Gasteiger partial charge in [-0.25, -0.2) is 13.2 Å². The molecular weight excluding hydrogens is 254 g/mol. The fourth-order valence-corrected chi connectivity index (χ4v) is 2.55. The molecular formula is C12H17NO4S. The largest absolute Gasteiger partial charge is 0.465 e. The van der Waals surface area contributed by atoms with Crippen LogP contribution in [0.3, 0.4) is 0 Å². The number of methoxy groups -OCH3 is 1. The Morgan fingerprint density at radius 2 is 1.83 bits per heavy atom. The minimum absolute atomic E-state index is 0.228. The van der Waals surface area contributed by atoms with Crippen LogP contribution in [-0.4, -0.2) is 33.8 Å². The molecule has 0 heterocycles. The minimum Gasteiger partial charge on any atom is -0.465 e. The maximum atomic E-state index is 12.1. The predicted molar refractivity (Wildman–Crippen MR) is 70.2 cm³/mol. The van der Waals surface area contributed by atoms with Crippen LogP contribution in [-0.2, 0) is 14.8 Å². The Morgan fingerprint density at radius 1 is 1.28 bits per heavy atom. The van der Waals surface area contributed by atoms with Crippen molar-refractivity contribution in [1.29, 1.82) is 0 Å². The Hall–Kier alpha value is -1.56. The molecule has 0 N–H and O–H groups in total. The Bertz CT molecular complexity index is 537. The lowest BCUT2D eigenvalue weighted by Crippen LogP contribution is -2.34. The summed E-state index contributed by atoms with van der Waals surface area (Å²) in [6.07, 6.45) is 0. The molecule has 0 aromatic heterocycles. The lowest BCUT2D eigenvalue weighted by molar-refractivity contribution is 0.0601. The van der Waals surface area contributed by atoms with E-state index in [0.717, 1.165) is 4.31 Å². The van der Waals surface area contributed by atoms with Crippen molar-refractivity contribution in [3.05, 3.63) is 29.8 Å². The average Bonchev–Trinajstić information content (AvgIpc) is 2.36. The standard InChI is InChI=1S/C12H17NO4S/c1-9(2)18(15,16)13(3)11-8-6-5-7-10(11)12(14)17-4/h5-9H,1-4H3. The molecule has 0 fully saturated rings. The first-order valence-corrected chi connectivity index (χ1v) is 6.97. The van der Waals surface area contributed by atoms with E-state index in [-0.39, 0.29) is 5.56 Å². The van der Waals surface area contributed by atoms with Gasteiger partial charge < -0.3 is 4.74 Å². The predicted octanol–water partition coefficient (Wildman–Crippen LogP) is 1.65. The summed E-state index contributed by atoms with van der Waals surface area (Å²) in [5.41, 5.74) is 0.546. The summed E-state index contributed by atoms with van der Waals surface area (Å²) in [5.74, 6) is -0.559. The molecule has 18 heavy (non-hydrogen) atoms. The molecule has 0 aliphatic heterocycles. The molecule has 0 bridgehead atoms. The van der Waals surface area contributed by atoms with E-state index < -0.39 is 21.2 Å². The van der Waals surface area contributed by atoms with E-state index in [4.69, 9.17) is 0 Å². The second kappa shape index (κ2) is 5.39. The second-order valence-electron chi connectivity index (χ2n) is 4.07. The summed E-state index contributed by atoms with van der Waals surface area (Å²) in [5, 5.41) is -0.562. The average molecular weight is 271 g/mol. The summed E-state index contributed by atoms with van der Waals surface area (Å²) in [6.45, 7) is 3.18. The van der Waals surface area contributed by atoms with Crippen LogP contribution >= 0.6 is 0 Å². The molecule has 0 aliphatic rings. The van der Waals surface area contributed by atoms with Crippen molar-refractivity contribution in [2.24, 2.45) is 0 Å². The first kappa shape index (κ1) is 14.5. The number of carbonyl (C=O) groups is 1. The Kier molecular flexibility index (Phi) is 4.34. The van der Waals surface area contributed by atoms with E-state index >= 15 is 0 Å². The van der Waals surface area contributed by atoms with Gasteiger partial charge in [0.25, 0.3) is 0 Å². The number of sulfonamides is 1. The summed E-state index contributed by atoms with van der Waals surface area (Å²) >= 11 is 0. The molecule has 0 saturated carbocycles. The van der Waals surface area contributed by atoms with Crippen molar-refractivity contribution in [3.8, 4) is 0 Å². The Balaban J connectivity index is 3.30. The van der Waals surface area contributed by atoms with Gasteiger partial charge in [0.05, 0.1) is 23.6 Å². The van der Waals surface area contributed by atoms with E-state index in [0.29, 0.717) is 5.69 Å². The van der Waals surface area contributed by atoms with Gasteiger partial charge in [-0.15, -0.1) is 0 Å². The number of para-hydroxylation sites is 1. The van der Waals surface area contributed by atoms with Gasteiger partial charge in [-0.1, -0.05) is 12.1 Å². The van der Waals surface area contributed by atoms with Gasteiger partial charge >= 0.3 is 5.97 Å². The van der Waals surface area contributed by atoms with Crippen molar-refractivity contribution in [2.75, 3.05) is 18.5 Å². The van der Waals surface area contributed by atoms with Gasteiger partial charge in [0.2, 0.25) is 10.0 Å². The molecule has 0 amide bonds. The van der Waals surface area contributed by atoms with Crippen LogP contribution in [0.1, 0.15) is 24.2 Å². The van der Waals surface area contributed by atoms with Crippen LogP contribution in [0.2, 0.25) is 0 Å². The van der Waals surface area contributed by atoms with E-state index in [1.807, 2.05) is 0 Å². The van der Waals surface area contributed by atoms with Gasteiger partial charge in [0, 0.05) is 7.05 Å². The number of anilines is 1. The molecule has 0 unspecified atom stereocenters. The van der Waals surface area contributed by atoms with Crippen LogP contribution in [0.5, 0.6) is 0 Å². The van der Waals surface area contributed by atoms with Gasteiger partial charge in [0.1, 0.15) is 0 Å². The smallest absolute Gasteiger partial charge is 0.340 e. The summed E-state index contributed by atoms with van der Waals surface area (Å²) in [7, 11) is -0.781. The summed E-state index contributed by atoms with van der Waals surface area (Å²) in [6, 6.07) is 6.44. The zero-order valence-electron chi connectivity index (χ0n) is 10.9. The topological polar surface area (TPSA) is 63.7 Å². The fourth-order valence-electron chi connectivity index (χ4n) is 1.48. The van der Waals surface area contributed by atoms with Gasteiger partial charge in [0.15, 0.2) is 0 Å². The van der Waals surface area contributed by atoms with Crippen molar-refractivity contribution in [3.63, 3.8) is 0 Å². The third kappa shape index (κ3) is 2.64. The third-order valence-electron chi connectivity index (χ3n) is 2.63. The highest BCUT2D eigenvalue weighted by Crippen LogP contribution is 2.24. The normalized spacial score (nSPS) is 11.4. The number of esters is 1. The van der Waals surface area contributed by atoms with Gasteiger partial charge in [-0.3, -0.25) is 4.31 Å². The van der Waals surface area contributed by atoms with Crippen molar-refractivity contribution >= 4 is 21.7 Å². The summed E-state index contributed by atoms with van der Waals surface area (Å²) < 4.78 is 29.9. The van der Waals surface area contributed by atoms with Crippen LogP contribution < -0.4 is 4.31 Å². The third-order valence-corrected chi connectivity index (χ3v) is 4.78. The zero-order valence-corrected chi connectivity index (χ0v) is 11.7. The number of hydrogen-bond acceptors (Lipinski definition) is 4. The number of nitrogens with zero attached hydrogens (tertiary/aromatic N) is 1. The molecule has 6 heteroatoms. The number of ether oxygens (including phenoxy) is 1. The monoisotopic (exact) mass is 271 g/mol. The number of hydrogen-bond donors (Lipinski definition) is 0. The molecule has 1 aromatic carbocycles. The lowest BCUT2D eigenvalue weighted by Gasteiger charge is -2.23. The first-order valence-electron chi connectivity index (χ1n) is 5.47. The maximum Gasteiger partial charge on any atom is 0.340 e. The van der Waals surface area contributed by atoms with Crippen LogP contribution in [0.4, 0.5) is 5.69 Å². The van der Waals surface area contributed by atoms with Crippen molar-refractivity contribution < 1.29 is 17.9 Å². The van der Waals surface area contributed by atoms with E-state index in [9.17, 15) is 13.2 Å². The van der Waals surface area contributed by atoms with E-state index in [1.54, 1.807) is 32.0 Å². The molecule has 0 spiro atoms. The molecule has 0 radical (unpaired) electrons. The molecule has 1 rings (SSSR count). The highest BCUT2D eigenvalue weighted by Gasteiger charge is 2.26. The quantitative estimate of drug-likeness (QED) is 0.781. The van der Waals surface area contributed by atoms with E-state index in [2.05, 4.69) is 4.74 Å². The van der Waals surface area contributed by atoms with Crippen molar-refractivity contribution in [1.82, 2.24) is 0 Å². The Labute approximate surface area is 107 Å². The molecule has 5 nitrogen and oxygen atoms in total. The SMILES string of the molecule is COC(=O)c1ccccc1N(C)S(=O)(=O)C(C)C. The van der Waals surface area contributed by atoms with Crippen LogP contribution in [0.25, 0.3) is 0 Å². The minimum atomic E-state index is -3.47. The lowest BCUT2D eigenvalue weighted by atomic mass is 10.2. The second-order valence-corrected chi connectivity index (χ2v) is 6.59.